The predicted octanol–water partition coefficient (Wildman–Crippen LogP) is 3.65. The Balaban J connectivity index is 2.47. The minimum atomic E-state index is 0.519. The molecule has 0 aliphatic carbocycles. The van der Waals surface area contributed by atoms with E-state index in [1.54, 1.807) is 14.0 Å². The number of hydrogen-bond donors (Lipinski definition) is 2. The number of nitrogens with zero attached hydrogens (tertiary/aromatic N) is 2. The molecule has 0 amide bonds. The number of benzene rings is 1. The van der Waals surface area contributed by atoms with Crippen LogP contribution in [0.15, 0.2) is 35.5 Å². The Hall–Kier alpha value is -2.56. The number of ether oxygens (including phenoxy) is 1. The highest BCUT2D eigenvalue weighted by atomic mass is 16.5. The molecule has 0 unspecified atom stereocenters. The summed E-state index contributed by atoms with van der Waals surface area (Å²) in [6.07, 6.45) is 0. The summed E-state index contributed by atoms with van der Waals surface area (Å²) in [7, 11) is 1.63. The molecule has 1 aromatic carbocycles. The molecular formula is C16H19N3O2. The van der Waals surface area contributed by atoms with Crippen molar-refractivity contribution in [1.29, 1.82) is 0 Å². The fraction of sp³-hybridized carbons (Fsp3) is 0.250. The third kappa shape index (κ3) is 3.31. The Labute approximate surface area is 124 Å². The first-order valence-electron chi connectivity index (χ1n) is 6.63. The zero-order chi connectivity index (χ0) is 15.4. The van der Waals surface area contributed by atoms with E-state index in [2.05, 4.69) is 15.5 Å². The van der Waals surface area contributed by atoms with Gasteiger partial charge in [-0.2, -0.15) is 0 Å². The molecule has 2 rings (SSSR count). The lowest BCUT2D eigenvalue weighted by Gasteiger charge is -2.15. The molecule has 0 fully saturated rings. The van der Waals surface area contributed by atoms with Crippen LogP contribution in [-0.2, 0) is 0 Å². The molecule has 5 heteroatoms. The van der Waals surface area contributed by atoms with Crippen LogP contribution in [0, 0.1) is 13.8 Å². The smallest absolute Gasteiger partial charge is 0.120 e. The molecule has 1 heterocycles. The van der Waals surface area contributed by atoms with E-state index in [-0.39, 0.29) is 0 Å². The van der Waals surface area contributed by atoms with E-state index in [1.807, 2.05) is 44.2 Å². The maximum atomic E-state index is 9.07. The Morgan fingerprint density at radius 1 is 1.29 bits per heavy atom. The fourth-order valence-electron chi connectivity index (χ4n) is 2.29. The molecule has 21 heavy (non-hydrogen) atoms. The topological polar surface area (TPSA) is 66.7 Å². The number of methoxy groups -OCH3 is 1. The number of hydrogen-bond acceptors (Lipinski definition) is 5. The predicted molar refractivity (Wildman–Crippen MR) is 84.0 cm³/mol. The van der Waals surface area contributed by atoms with Crippen LogP contribution in [0.25, 0.3) is 0 Å². The van der Waals surface area contributed by atoms with Crippen molar-refractivity contribution in [3.05, 3.63) is 47.3 Å². The van der Waals surface area contributed by atoms with Crippen molar-refractivity contribution >= 4 is 17.1 Å². The Bertz CT molecular complexity index is 681. The zero-order valence-corrected chi connectivity index (χ0v) is 12.6. The van der Waals surface area contributed by atoms with E-state index in [9.17, 15) is 0 Å². The van der Waals surface area contributed by atoms with Gasteiger partial charge >= 0.3 is 0 Å². The van der Waals surface area contributed by atoms with Crippen LogP contribution in [0.5, 0.6) is 5.75 Å². The molecule has 5 nitrogen and oxygen atoms in total. The number of anilines is 2. The molecule has 0 aliphatic rings. The third-order valence-electron chi connectivity index (χ3n) is 3.19. The molecule has 0 spiro atoms. The van der Waals surface area contributed by atoms with E-state index >= 15 is 0 Å². The lowest BCUT2D eigenvalue weighted by atomic mass is 10.1. The Morgan fingerprint density at radius 3 is 2.71 bits per heavy atom. The van der Waals surface area contributed by atoms with Crippen molar-refractivity contribution in [3.63, 3.8) is 0 Å². The van der Waals surface area contributed by atoms with Gasteiger partial charge in [0.25, 0.3) is 0 Å². The van der Waals surface area contributed by atoms with Crippen molar-refractivity contribution in [2.24, 2.45) is 5.16 Å². The van der Waals surface area contributed by atoms with E-state index in [1.165, 1.54) is 0 Å². The molecule has 2 aromatic rings. The zero-order valence-electron chi connectivity index (χ0n) is 12.6. The van der Waals surface area contributed by atoms with Crippen LogP contribution in [0.3, 0.4) is 0 Å². The van der Waals surface area contributed by atoms with E-state index in [4.69, 9.17) is 9.94 Å². The van der Waals surface area contributed by atoms with Crippen molar-refractivity contribution in [2.75, 3.05) is 12.4 Å². The van der Waals surface area contributed by atoms with Crippen LogP contribution in [0.2, 0.25) is 0 Å². The van der Waals surface area contributed by atoms with Gasteiger partial charge in [0.15, 0.2) is 0 Å². The third-order valence-corrected chi connectivity index (χ3v) is 3.19. The van der Waals surface area contributed by atoms with Crippen LogP contribution < -0.4 is 10.1 Å². The summed E-state index contributed by atoms with van der Waals surface area (Å²) >= 11 is 0. The summed E-state index contributed by atoms with van der Waals surface area (Å²) in [4.78, 5) is 4.42. The van der Waals surface area contributed by atoms with Gasteiger partial charge in [-0.15, -0.1) is 0 Å². The molecule has 0 saturated heterocycles. The van der Waals surface area contributed by atoms with Gasteiger partial charge in [-0.25, -0.2) is 0 Å². The van der Waals surface area contributed by atoms with Crippen LogP contribution in [-0.4, -0.2) is 23.0 Å². The number of aromatic nitrogens is 1. The normalized spacial score (nSPS) is 11.3. The number of pyridine rings is 1. The Morgan fingerprint density at radius 2 is 2.05 bits per heavy atom. The summed E-state index contributed by atoms with van der Waals surface area (Å²) in [5.74, 6) is 0.775. The van der Waals surface area contributed by atoms with Crippen molar-refractivity contribution < 1.29 is 9.94 Å². The second-order valence-corrected chi connectivity index (χ2v) is 4.81. The minimum absolute atomic E-state index is 0.519. The molecule has 0 bridgehead atoms. The number of oxime groups is 1. The molecule has 1 aromatic heterocycles. The average Bonchev–Trinajstić information content (AvgIpc) is 2.46. The summed E-state index contributed by atoms with van der Waals surface area (Å²) in [5.41, 5.74) is 4.77. The highest BCUT2D eigenvalue weighted by Gasteiger charge is 2.12. The van der Waals surface area contributed by atoms with Gasteiger partial charge in [-0.1, -0.05) is 11.2 Å². The maximum Gasteiger partial charge on any atom is 0.120 e. The van der Waals surface area contributed by atoms with Crippen LogP contribution >= 0.6 is 0 Å². The largest absolute Gasteiger partial charge is 0.497 e. The summed E-state index contributed by atoms with van der Waals surface area (Å²) in [6, 6.07) is 9.57. The average molecular weight is 285 g/mol. The van der Waals surface area contributed by atoms with E-state index in [0.717, 1.165) is 34.1 Å². The highest BCUT2D eigenvalue weighted by molar-refractivity contribution is 6.04. The van der Waals surface area contributed by atoms with Gasteiger partial charge < -0.3 is 15.3 Å². The standard InChI is InChI=1S/C16H19N3O2/c1-10-8-15(16(11(2)17-10)12(3)19-20)18-13-6-5-7-14(9-13)21-4/h5-9,20H,1-4H3,(H,17,18)/b19-12+. The van der Waals surface area contributed by atoms with Gasteiger partial charge in [-0.3, -0.25) is 4.98 Å². The fourth-order valence-corrected chi connectivity index (χ4v) is 2.29. The molecule has 2 N–H and O–H groups in total. The van der Waals surface area contributed by atoms with Crippen molar-refractivity contribution in [1.82, 2.24) is 4.98 Å². The molecule has 110 valence electrons. The molecule has 0 atom stereocenters. The van der Waals surface area contributed by atoms with Gasteiger partial charge in [0.05, 0.1) is 18.5 Å². The summed E-state index contributed by atoms with van der Waals surface area (Å²) in [5, 5.41) is 15.7. The molecule has 0 radical (unpaired) electrons. The monoisotopic (exact) mass is 285 g/mol. The van der Waals surface area contributed by atoms with Gasteiger partial charge in [0.1, 0.15) is 5.75 Å². The van der Waals surface area contributed by atoms with Gasteiger partial charge in [0.2, 0.25) is 0 Å². The second-order valence-electron chi connectivity index (χ2n) is 4.81. The SMILES string of the molecule is COc1cccc(Nc2cc(C)nc(C)c2/C(C)=N/O)c1. The molecule has 0 aliphatic heterocycles. The Kier molecular flexibility index (Phi) is 4.42. The number of nitrogens with one attached hydrogen (secondary N) is 1. The molecular weight excluding hydrogens is 266 g/mol. The summed E-state index contributed by atoms with van der Waals surface area (Å²) in [6.45, 7) is 5.57. The van der Waals surface area contributed by atoms with Crippen molar-refractivity contribution in [3.8, 4) is 5.75 Å². The highest BCUT2D eigenvalue weighted by Crippen LogP contribution is 2.26. The first-order valence-corrected chi connectivity index (χ1v) is 6.63. The maximum absolute atomic E-state index is 9.07. The van der Waals surface area contributed by atoms with Gasteiger partial charge in [0, 0.05) is 28.7 Å². The number of aryl methyl sites for hydroxylation is 2. The van der Waals surface area contributed by atoms with Crippen LogP contribution in [0.4, 0.5) is 11.4 Å². The summed E-state index contributed by atoms with van der Waals surface area (Å²) < 4.78 is 5.22. The minimum Gasteiger partial charge on any atom is -0.497 e. The van der Waals surface area contributed by atoms with Gasteiger partial charge in [-0.05, 0) is 39.0 Å². The lowest BCUT2D eigenvalue weighted by Crippen LogP contribution is -2.07. The van der Waals surface area contributed by atoms with Crippen LogP contribution in [0.1, 0.15) is 23.9 Å². The molecule has 0 saturated carbocycles. The number of rotatable bonds is 4. The van der Waals surface area contributed by atoms with E-state index in [0.29, 0.717) is 5.71 Å². The second kappa shape index (κ2) is 6.26. The van der Waals surface area contributed by atoms with E-state index < -0.39 is 0 Å². The first-order chi connectivity index (χ1) is 10.0. The quantitative estimate of drug-likeness (QED) is 0.511. The lowest BCUT2D eigenvalue weighted by molar-refractivity contribution is 0.319. The first kappa shape index (κ1) is 14.8. The van der Waals surface area contributed by atoms with Crippen molar-refractivity contribution in [2.45, 2.75) is 20.8 Å².